The lowest BCUT2D eigenvalue weighted by atomic mass is 9.95. The molecule has 1 aliphatic carbocycles. The van der Waals surface area contributed by atoms with E-state index in [1.54, 1.807) is 17.0 Å². The summed E-state index contributed by atoms with van der Waals surface area (Å²) < 4.78 is 31.6. The average molecular weight is 592 g/mol. The van der Waals surface area contributed by atoms with Gasteiger partial charge in [-0.2, -0.15) is 0 Å². The second-order valence-corrected chi connectivity index (χ2v) is 12.7. The van der Waals surface area contributed by atoms with Crippen molar-refractivity contribution in [3.8, 4) is 5.75 Å². The second kappa shape index (κ2) is 15.3. The van der Waals surface area contributed by atoms with E-state index in [1.807, 2.05) is 37.3 Å². The number of amides is 2. The number of hydrogen-bond donors (Lipinski definition) is 1. The fourth-order valence-corrected chi connectivity index (χ4v) is 6.46. The van der Waals surface area contributed by atoms with E-state index >= 15 is 0 Å². The number of carbonyl (C=O) groups excluding carboxylic acids is 2. The van der Waals surface area contributed by atoms with E-state index in [2.05, 4.69) is 5.32 Å². The van der Waals surface area contributed by atoms with Crippen molar-refractivity contribution < 1.29 is 22.7 Å². The van der Waals surface area contributed by atoms with E-state index in [4.69, 9.17) is 16.3 Å². The second-order valence-electron chi connectivity index (χ2n) is 10.3. The molecule has 1 aliphatic rings. The fourth-order valence-electron chi connectivity index (χ4n) is 5.25. The predicted molar refractivity (Wildman–Crippen MR) is 160 cm³/mol. The summed E-state index contributed by atoms with van der Waals surface area (Å²) in [6.45, 7) is 2.43. The first kappa shape index (κ1) is 31.7. The predicted octanol–water partition coefficient (Wildman–Crippen LogP) is 5.19. The third-order valence-electron chi connectivity index (χ3n) is 7.40. The van der Waals surface area contributed by atoms with E-state index in [0.717, 1.165) is 37.5 Å². The topological polar surface area (TPSA) is 96.0 Å². The molecule has 0 heterocycles. The Kier molecular flexibility index (Phi) is 12.1. The standard InChI is InChI=1S/C30H42ClN3O5S/c1-4-27(30(36)32-24-14-9-6-10-15-24)33(21-19-23-12-7-5-8-13-23)29(35)16-11-20-34(40(3,37)38)25-17-18-28(39-2)26(31)22-25/h5,7-8,12-13,17-18,22,24,27H,4,6,9-11,14-16,19-21H2,1-3H3,(H,32,36)/t27-/m1/s1. The van der Waals surface area contributed by atoms with Gasteiger partial charge in [-0.15, -0.1) is 0 Å². The number of nitrogens with zero attached hydrogens (tertiary/aromatic N) is 2. The van der Waals surface area contributed by atoms with Crippen molar-refractivity contribution in [3.63, 3.8) is 0 Å². The van der Waals surface area contributed by atoms with Gasteiger partial charge in [0, 0.05) is 25.6 Å². The van der Waals surface area contributed by atoms with Crippen LogP contribution in [0.15, 0.2) is 48.5 Å². The highest BCUT2D eigenvalue weighted by Crippen LogP contribution is 2.30. The van der Waals surface area contributed by atoms with Crippen LogP contribution in [0.5, 0.6) is 5.75 Å². The minimum atomic E-state index is -3.62. The smallest absolute Gasteiger partial charge is 0.243 e. The molecule has 0 spiro atoms. The third-order valence-corrected chi connectivity index (χ3v) is 8.89. The van der Waals surface area contributed by atoms with Crippen molar-refractivity contribution in [2.45, 2.75) is 76.8 Å². The molecule has 10 heteroatoms. The normalized spacial score (nSPS) is 14.8. The molecule has 0 saturated heterocycles. The van der Waals surface area contributed by atoms with Gasteiger partial charge in [-0.1, -0.05) is 68.1 Å². The first-order valence-corrected chi connectivity index (χ1v) is 16.3. The van der Waals surface area contributed by atoms with Crippen molar-refractivity contribution in [1.29, 1.82) is 0 Å². The zero-order valence-corrected chi connectivity index (χ0v) is 25.3. The van der Waals surface area contributed by atoms with E-state index in [0.29, 0.717) is 35.8 Å². The number of hydrogen-bond acceptors (Lipinski definition) is 5. The fraction of sp³-hybridized carbons (Fsp3) is 0.533. The number of methoxy groups -OCH3 is 1. The first-order valence-electron chi connectivity index (χ1n) is 14.1. The van der Waals surface area contributed by atoms with Gasteiger partial charge in [0.15, 0.2) is 0 Å². The maximum atomic E-state index is 13.6. The van der Waals surface area contributed by atoms with Crippen LogP contribution in [-0.2, 0) is 26.0 Å². The molecule has 1 N–H and O–H groups in total. The summed E-state index contributed by atoms with van der Waals surface area (Å²) in [6.07, 6.45) is 7.99. The van der Waals surface area contributed by atoms with E-state index in [9.17, 15) is 18.0 Å². The highest BCUT2D eigenvalue weighted by Gasteiger charge is 2.30. The molecule has 0 unspecified atom stereocenters. The Morgan fingerprint density at radius 3 is 2.38 bits per heavy atom. The van der Waals surface area contributed by atoms with Crippen LogP contribution in [0.4, 0.5) is 5.69 Å². The largest absolute Gasteiger partial charge is 0.495 e. The minimum absolute atomic E-state index is 0.102. The van der Waals surface area contributed by atoms with Crippen LogP contribution in [0.1, 0.15) is 63.9 Å². The highest BCUT2D eigenvalue weighted by molar-refractivity contribution is 7.92. The van der Waals surface area contributed by atoms with E-state index in [-0.39, 0.29) is 37.2 Å². The summed E-state index contributed by atoms with van der Waals surface area (Å²) in [5.41, 5.74) is 1.49. The number of halogens is 1. The summed E-state index contributed by atoms with van der Waals surface area (Å²) in [4.78, 5) is 28.7. The van der Waals surface area contributed by atoms with Crippen LogP contribution in [0.25, 0.3) is 0 Å². The molecular formula is C30H42ClN3O5S. The van der Waals surface area contributed by atoms with Crippen LogP contribution in [-0.4, -0.2) is 63.7 Å². The Morgan fingerprint density at radius 2 is 1.77 bits per heavy atom. The van der Waals surface area contributed by atoms with Gasteiger partial charge >= 0.3 is 0 Å². The van der Waals surface area contributed by atoms with Crippen molar-refractivity contribution in [2.75, 3.05) is 30.8 Å². The molecule has 0 aliphatic heterocycles. The summed E-state index contributed by atoms with van der Waals surface area (Å²) >= 11 is 6.24. The molecule has 2 aromatic rings. The third kappa shape index (κ3) is 9.13. The Balaban J connectivity index is 1.72. The van der Waals surface area contributed by atoms with Crippen molar-refractivity contribution in [2.24, 2.45) is 0 Å². The Morgan fingerprint density at radius 1 is 1.07 bits per heavy atom. The zero-order valence-electron chi connectivity index (χ0n) is 23.8. The summed E-state index contributed by atoms with van der Waals surface area (Å²) in [6, 6.07) is 14.2. The van der Waals surface area contributed by atoms with Gasteiger partial charge in [0.1, 0.15) is 11.8 Å². The zero-order chi connectivity index (χ0) is 29.1. The van der Waals surface area contributed by atoms with Gasteiger partial charge in [-0.05, 0) is 55.9 Å². The molecule has 3 rings (SSSR count). The molecule has 1 saturated carbocycles. The van der Waals surface area contributed by atoms with E-state index in [1.165, 1.54) is 23.9 Å². The summed E-state index contributed by atoms with van der Waals surface area (Å²) in [5.74, 6) is 0.171. The van der Waals surface area contributed by atoms with Crippen molar-refractivity contribution in [1.82, 2.24) is 10.2 Å². The maximum absolute atomic E-state index is 13.6. The molecule has 0 aromatic heterocycles. The van der Waals surface area contributed by atoms with Crippen LogP contribution < -0.4 is 14.4 Å². The number of anilines is 1. The van der Waals surface area contributed by atoms with Crippen LogP contribution in [0.3, 0.4) is 0 Å². The molecule has 1 fully saturated rings. The maximum Gasteiger partial charge on any atom is 0.243 e. The molecule has 1 atom stereocenters. The lowest BCUT2D eigenvalue weighted by Crippen LogP contribution is -2.52. The molecule has 0 radical (unpaired) electrons. The molecule has 2 aromatic carbocycles. The number of benzene rings is 2. The number of rotatable bonds is 14. The number of nitrogens with one attached hydrogen (secondary N) is 1. The van der Waals surface area contributed by atoms with Gasteiger partial charge in [-0.3, -0.25) is 13.9 Å². The van der Waals surface area contributed by atoms with Crippen molar-refractivity contribution >= 4 is 39.1 Å². The van der Waals surface area contributed by atoms with Crippen LogP contribution in [0, 0.1) is 0 Å². The van der Waals surface area contributed by atoms with Gasteiger partial charge in [0.05, 0.1) is 24.1 Å². The highest BCUT2D eigenvalue weighted by atomic mass is 35.5. The molecule has 0 bridgehead atoms. The van der Waals surface area contributed by atoms with Crippen LogP contribution >= 0.6 is 11.6 Å². The average Bonchev–Trinajstić information content (AvgIpc) is 2.93. The van der Waals surface area contributed by atoms with Crippen LogP contribution in [0.2, 0.25) is 5.02 Å². The summed E-state index contributed by atoms with van der Waals surface area (Å²) in [5, 5.41) is 3.49. The minimum Gasteiger partial charge on any atom is -0.495 e. The molecule has 2 amide bonds. The van der Waals surface area contributed by atoms with Gasteiger partial charge in [0.25, 0.3) is 0 Å². The lowest BCUT2D eigenvalue weighted by molar-refractivity contribution is -0.141. The number of sulfonamides is 1. The van der Waals surface area contributed by atoms with Gasteiger partial charge in [0.2, 0.25) is 21.8 Å². The Bertz CT molecular complexity index is 1220. The van der Waals surface area contributed by atoms with Crippen molar-refractivity contribution in [3.05, 3.63) is 59.1 Å². The Labute approximate surface area is 244 Å². The molecule has 220 valence electrons. The first-order chi connectivity index (χ1) is 19.1. The SMILES string of the molecule is CC[C@H](C(=O)NC1CCCCC1)N(CCc1ccccc1)C(=O)CCCN(c1ccc(OC)c(Cl)c1)S(C)(=O)=O. The lowest BCUT2D eigenvalue weighted by Gasteiger charge is -2.33. The molecule has 40 heavy (non-hydrogen) atoms. The quantitative estimate of drug-likeness (QED) is 0.326. The monoisotopic (exact) mass is 591 g/mol. The Hall–Kier alpha value is -2.78. The number of carbonyl (C=O) groups is 2. The molecule has 8 nitrogen and oxygen atoms in total. The van der Waals surface area contributed by atoms with Gasteiger partial charge < -0.3 is 15.0 Å². The van der Waals surface area contributed by atoms with Gasteiger partial charge in [-0.25, -0.2) is 8.42 Å². The van der Waals surface area contributed by atoms with E-state index < -0.39 is 16.1 Å². The summed E-state index contributed by atoms with van der Waals surface area (Å²) in [7, 11) is -2.14. The number of ether oxygens (including phenoxy) is 1. The molecular weight excluding hydrogens is 550 g/mol.